The van der Waals surface area contributed by atoms with E-state index >= 15 is 0 Å². The number of halogens is 1. The first kappa shape index (κ1) is 15.2. The topological polar surface area (TPSA) is 32.3 Å². The van der Waals surface area contributed by atoms with Crippen LogP contribution in [0.25, 0.3) is 0 Å². The third-order valence-corrected chi connectivity index (χ3v) is 4.20. The maximum atomic E-state index is 12.1. The van der Waals surface area contributed by atoms with Crippen LogP contribution in [0, 0.1) is 0 Å². The van der Waals surface area contributed by atoms with Gasteiger partial charge in [-0.1, -0.05) is 37.6 Å². The summed E-state index contributed by atoms with van der Waals surface area (Å²) < 4.78 is 0. The fourth-order valence-corrected chi connectivity index (χ4v) is 2.63. The number of amides is 2. The first-order chi connectivity index (χ1) is 9.49. The first-order valence-corrected chi connectivity index (χ1v) is 7.66. The highest BCUT2D eigenvalue weighted by molar-refractivity contribution is 6.30. The number of hydrogen-bond donors (Lipinski definition) is 1. The lowest BCUT2D eigenvalue weighted by Gasteiger charge is -2.30. The lowest BCUT2D eigenvalue weighted by Crippen LogP contribution is -2.46. The van der Waals surface area contributed by atoms with E-state index in [0.29, 0.717) is 6.54 Å². The summed E-state index contributed by atoms with van der Waals surface area (Å²) in [6.07, 6.45) is 3.47. The lowest BCUT2D eigenvalue weighted by atomic mass is 9.85. The van der Waals surface area contributed by atoms with E-state index in [0.717, 1.165) is 31.0 Å². The molecule has 20 heavy (non-hydrogen) atoms. The van der Waals surface area contributed by atoms with E-state index in [-0.39, 0.29) is 11.4 Å². The van der Waals surface area contributed by atoms with Crippen molar-refractivity contribution in [3.8, 4) is 0 Å². The number of nitrogens with zero attached hydrogens (tertiary/aromatic N) is 1. The smallest absolute Gasteiger partial charge is 0.317 e. The molecule has 110 valence electrons. The Morgan fingerprint density at radius 1 is 1.20 bits per heavy atom. The van der Waals surface area contributed by atoms with Crippen molar-refractivity contribution >= 4 is 17.6 Å². The number of rotatable bonds is 3. The van der Waals surface area contributed by atoms with Crippen molar-refractivity contribution in [1.29, 1.82) is 0 Å². The van der Waals surface area contributed by atoms with E-state index in [4.69, 9.17) is 11.6 Å². The molecule has 1 N–H and O–H groups in total. The van der Waals surface area contributed by atoms with Gasteiger partial charge in [0, 0.05) is 30.1 Å². The average molecular weight is 295 g/mol. The molecule has 0 unspecified atom stereocenters. The van der Waals surface area contributed by atoms with Crippen LogP contribution in [0.4, 0.5) is 4.79 Å². The van der Waals surface area contributed by atoms with Crippen LogP contribution >= 0.6 is 11.6 Å². The van der Waals surface area contributed by atoms with Crippen LogP contribution in [-0.2, 0) is 5.41 Å². The zero-order valence-corrected chi connectivity index (χ0v) is 13.0. The number of piperidine rings is 1. The van der Waals surface area contributed by atoms with Crippen LogP contribution in [0.5, 0.6) is 0 Å². The summed E-state index contributed by atoms with van der Waals surface area (Å²) in [6.45, 7) is 6.66. The number of likely N-dealkylation sites (tertiary alicyclic amines) is 1. The third-order valence-electron chi connectivity index (χ3n) is 3.95. The zero-order valence-electron chi connectivity index (χ0n) is 12.3. The summed E-state index contributed by atoms with van der Waals surface area (Å²) in [5.41, 5.74) is 1.08. The van der Waals surface area contributed by atoms with Gasteiger partial charge in [-0.25, -0.2) is 4.79 Å². The van der Waals surface area contributed by atoms with Crippen LogP contribution in [0.15, 0.2) is 24.3 Å². The van der Waals surface area contributed by atoms with Crippen molar-refractivity contribution in [2.24, 2.45) is 0 Å². The summed E-state index contributed by atoms with van der Waals surface area (Å²) >= 11 is 5.91. The predicted molar refractivity (Wildman–Crippen MR) is 83.3 cm³/mol. The highest BCUT2D eigenvalue weighted by atomic mass is 35.5. The number of nitrogens with one attached hydrogen (secondary N) is 1. The Balaban J connectivity index is 1.91. The molecule has 1 heterocycles. The maximum absolute atomic E-state index is 12.1. The van der Waals surface area contributed by atoms with Crippen molar-refractivity contribution in [3.05, 3.63) is 34.9 Å². The van der Waals surface area contributed by atoms with Crippen molar-refractivity contribution in [3.63, 3.8) is 0 Å². The summed E-state index contributed by atoms with van der Waals surface area (Å²) in [6, 6.07) is 7.90. The Kier molecular flexibility index (Phi) is 4.92. The van der Waals surface area contributed by atoms with Gasteiger partial charge in [-0.3, -0.25) is 0 Å². The zero-order chi connectivity index (χ0) is 14.6. The van der Waals surface area contributed by atoms with Crippen molar-refractivity contribution in [1.82, 2.24) is 10.2 Å². The first-order valence-electron chi connectivity index (χ1n) is 7.28. The highest BCUT2D eigenvalue weighted by Gasteiger charge is 2.23. The minimum Gasteiger partial charge on any atom is -0.337 e. The molecular formula is C16H23ClN2O. The second-order valence-electron chi connectivity index (χ2n) is 6.10. The molecule has 3 nitrogen and oxygen atoms in total. The van der Waals surface area contributed by atoms with Crippen LogP contribution in [0.2, 0.25) is 5.02 Å². The van der Waals surface area contributed by atoms with Crippen LogP contribution < -0.4 is 5.32 Å². The SMILES string of the molecule is CC(C)(CNC(=O)N1CCCCC1)c1ccc(Cl)cc1. The largest absolute Gasteiger partial charge is 0.337 e. The van der Waals surface area contributed by atoms with Gasteiger partial charge in [0.1, 0.15) is 0 Å². The molecule has 2 amide bonds. The van der Waals surface area contributed by atoms with Gasteiger partial charge in [0.25, 0.3) is 0 Å². The molecule has 0 bridgehead atoms. The van der Waals surface area contributed by atoms with E-state index in [1.165, 1.54) is 12.0 Å². The predicted octanol–water partition coefficient (Wildman–Crippen LogP) is 3.81. The minimum atomic E-state index is -0.101. The molecule has 4 heteroatoms. The molecule has 1 aromatic rings. The monoisotopic (exact) mass is 294 g/mol. The molecule has 1 saturated heterocycles. The van der Waals surface area contributed by atoms with Crippen molar-refractivity contribution in [2.75, 3.05) is 19.6 Å². The van der Waals surface area contributed by atoms with Gasteiger partial charge < -0.3 is 10.2 Å². The van der Waals surface area contributed by atoms with E-state index in [1.54, 1.807) is 0 Å². The Hall–Kier alpha value is -1.22. The molecule has 2 rings (SSSR count). The standard InChI is InChI=1S/C16H23ClN2O/c1-16(2,13-6-8-14(17)9-7-13)12-18-15(20)19-10-4-3-5-11-19/h6-9H,3-5,10-12H2,1-2H3,(H,18,20). The molecule has 1 fully saturated rings. The van der Waals surface area contributed by atoms with E-state index in [1.807, 2.05) is 29.2 Å². The summed E-state index contributed by atoms with van der Waals surface area (Å²) in [7, 11) is 0. The number of benzene rings is 1. The van der Waals surface area contributed by atoms with Gasteiger partial charge >= 0.3 is 6.03 Å². The minimum absolute atomic E-state index is 0.0618. The van der Waals surface area contributed by atoms with E-state index in [2.05, 4.69) is 19.2 Å². The van der Waals surface area contributed by atoms with Crippen LogP contribution in [0.3, 0.4) is 0 Å². The Labute approximate surface area is 126 Å². The molecule has 1 aromatic carbocycles. The average Bonchev–Trinajstić information content (AvgIpc) is 2.46. The van der Waals surface area contributed by atoms with Gasteiger partial charge in [0.15, 0.2) is 0 Å². The molecule has 0 aromatic heterocycles. The van der Waals surface area contributed by atoms with E-state index in [9.17, 15) is 4.79 Å². The molecule has 0 atom stereocenters. The Morgan fingerprint density at radius 3 is 2.40 bits per heavy atom. The van der Waals surface area contributed by atoms with Crippen LogP contribution in [-0.4, -0.2) is 30.6 Å². The Bertz CT molecular complexity index is 450. The number of carbonyl (C=O) groups excluding carboxylic acids is 1. The maximum Gasteiger partial charge on any atom is 0.317 e. The fourth-order valence-electron chi connectivity index (χ4n) is 2.51. The molecule has 0 radical (unpaired) electrons. The van der Waals surface area contributed by atoms with Gasteiger partial charge in [0.05, 0.1) is 0 Å². The molecule has 1 aliphatic rings. The number of urea groups is 1. The summed E-state index contributed by atoms with van der Waals surface area (Å²) in [5, 5.41) is 3.80. The normalized spacial score (nSPS) is 16.1. The highest BCUT2D eigenvalue weighted by Crippen LogP contribution is 2.24. The molecular weight excluding hydrogens is 272 g/mol. The second-order valence-corrected chi connectivity index (χ2v) is 6.53. The second kappa shape index (κ2) is 6.49. The van der Waals surface area contributed by atoms with Gasteiger partial charge in [0.2, 0.25) is 0 Å². The number of hydrogen-bond acceptors (Lipinski definition) is 1. The van der Waals surface area contributed by atoms with Gasteiger partial charge in [-0.2, -0.15) is 0 Å². The van der Waals surface area contributed by atoms with Crippen molar-refractivity contribution < 1.29 is 4.79 Å². The molecule has 0 spiro atoms. The fraction of sp³-hybridized carbons (Fsp3) is 0.562. The lowest BCUT2D eigenvalue weighted by molar-refractivity contribution is 0.184. The van der Waals surface area contributed by atoms with Gasteiger partial charge in [-0.15, -0.1) is 0 Å². The summed E-state index contributed by atoms with van der Waals surface area (Å²) in [5.74, 6) is 0. The molecule has 0 saturated carbocycles. The molecule has 0 aliphatic carbocycles. The number of carbonyl (C=O) groups is 1. The van der Waals surface area contributed by atoms with Crippen LogP contribution in [0.1, 0.15) is 38.7 Å². The summed E-state index contributed by atoms with van der Waals surface area (Å²) in [4.78, 5) is 14.0. The van der Waals surface area contributed by atoms with Gasteiger partial charge in [-0.05, 0) is 37.0 Å². The Morgan fingerprint density at radius 2 is 1.80 bits per heavy atom. The molecule has 1 aliphatic heterocycles. The van der Waals surface area contributed by atoms with Crippen molar-refractivity contribution in [2.45, 2.75) is 38.5 Å². The van der Waals surface area contributed by atoms with E-state index < -0.39 is 0 Å². The third kappa shape index (κ3) is 3.89. The quantitative estimate of drug-likeness (QED) is 0.903.